The second-order valence-corrected chi connectivity index (χ2v) is 2.82. The Morgan fingerprint density at radius 1 is 1.54 bits per heavy atom. The molecule has 70 valence electrons. The summed E-state index contributed by atoms with van der Waals surface area (Å²) in [6.07, 6.45) is 6.40. The summed E-state index contributed by atoms with van der Waals surface area (Å²) < 4.78 is 5.39. The van der Waals surface area contributed by atoms with Gasteiger partial charge in [0, 0.05) is 6.61 Å². The van der Waals surface area contributed by atoms with Crippen LogP contribution in [0.25, 0.3) is 0 Å². The van der Waals surface area contributed by atoms with Crippen LogP contribution in [0.3, 0.4) is 0 Å². The molecule has 0 bridgehead atoms. The summed E-state index contributed by atoms with van der Waals surface area (Å²) >= 11 is 0. The molecule has 0 aromatic heterocycles. The number of ether oxygens (including phenoxy) is 1. The fourth-order valence-electron chi connectivity index (χ4n) is 1.39. The van der Waals surface area contributed by atoms with Gasteiger partial charge in [0.2, 0.25) is 0 Å². The van der Waals surface area contributed by atoms with Gasteiger partial charge in [-0.25, -0.2) is 4.79 Å². The van der Waals surface area contributed by atoms with Gasteiger partial charge in [-0.2, -0.15) is 0 Å². The lowest BCUT2D eigenvalue weighted by molar-refractivity contribution is 0.122. The molecule has 0 N–H and O–H groups in total. The monoisotopic (exact) mass is 178 g/mol. The highest BCUT2D eigenvalue weighted by molar-refractivity contribution is 5.65. The Kier molecular flexibility index (Phi) is 3.69. The summed E-state index contributed by atoms with van der Waals surface area (Å²) in [5, 5.41) is 0. The molecule has 0 saturated carbocycles. The van der Waals surface area contributed by atoms with Crippen LogP contribution in [0.2, 0.25) is 0 Å². The van der Waals surface area contributed by atoms with Crippen molar-refractivity contribution in [1.29, 1.82) is 0 Å². The van der Waals surface area contributed by atoms with Gasteiger partial charge in [-0.1, -0.05) is 25.2 Å². The van der Waals surface area contributed by atoms with E-state index in [1.165, 1.54) is 0 Å². The van der Waals surface area contributed by atoms with E-state index in [2.05, 4.69) is 0 Å². The van der Waals surface area contributed by atoms with Gasteiger partial charge in [-0.05, 0) is 18.9 Å². The molecular weight excluding hydrogens is 164 g/mol. The van der Waals surface area contributed by atoms with Gasteiger partial charge in [0.1, 0.15) is 12.0 Å². The molecule has 1 rings (SSSR count). The summed E-state index contributed by atoms with van der Waals surface area (Å²) in [6.45, 7) is 4.54. The van der Waals surface area contributed by atoms with E-state index in [4.69, 9.17) is 4.74 Å². The van der Waals surface area contributed by atoms with E-state index in [9.17, 15) is 4.79 Å². The third-order valence-electron chi connectivity index (χ3n) is 2.05. The van der Waals surface area contributed by atoms with Crippen LogP contribution in [-0.4, -0.2) is 18.7 Å². The van der Waals surface area contributed by atoms with Crippen molar-refractivity contribution < 1.29 is 9.53 Å². The molecule has 0 amide bonds. The summed E-state index contributed by atoms with van der Waals surface area (Å²) in [7, 11) is 0. The predicted octanol–water partition coefficient (Wildman–Crippen LogP) is 2.06. The lowest BCUT2D eigenvalue weighted by atomic mass is 9.95. The van der Waals surface area contributed by atoms with Crippen LogP contribution in [0.15, 0.2) is 29.4 Å². The highest BCUT2D eigenvalue weighted by atomic mass is 16.5. The summed E-state index contributed by atoms with van der Waals surface area (Å²) in [6, 6.07) is 0. The van der Waals surface area contributed by atoms with E-state index < -0.39 is 0 Å². The zero-order chi connectivity index (χ0) is 9.68. The molecule has 0 heterocycles. The maximum atomic E-state index is 10.7. The van der Waals surface area contributed by atoms with Crippen molar-refractivity contribution in [1.82, 2.24) is 0 Å². The first kappa shape index (κ1) is 9.97. The minimum atomic E-state index is -0.192. The van der Waals surface area contributed by atoms with Crippen molar-refractivity contribution in [3.8, 4) is 0 Å². The predicted molar refractivity (Wildman–Crippen MR) is 52.1 cm³/mol. The molecule has 1 atom stereocenters. The van der Waals surface area contributed by atoms with E-state index in [1.807, 2.05) is 38.0 Å². The Hall–Kier alpha value is -1.11. The van der Waals surface area contributed by atoms with Crippen LogP contribution in [0, 0.1) is 0 Å². The third-order valence-corrected chi connectivity index (χ3v) is 2.05. The minimum Gasteiger partial charge on any atom is -0.369 e. The van der Waals surface area contributed by atoms with E-state index in [-0.39, 0.29) is 6.10 Å². The lowest BCUT2D eigenvalue weighted by Crippen LogP contribution is -2.17. The van der Waals surface area contributed by atoms with Crippen molar-refractivity contribution >= 4 is 5.94 Å². The van der Waals surface area contributed by atoms with Crippen LogP contribution in [0.5, 0.6) is 0 Å². The standard InChI is InChI=1S/C11H14O2/c1-3-9-6-5-7-11(13-4-2)10(9)8-12/h5-7,11H,3-4H2,1-2H3. The van der Waals surface area contributed by atoms with Gasteiger partial charge in [0.05, 0.1) is 5.57 Å². The topological polar surface area (TPSA) is 26.3 Å². The molecule has 0 saturated heterocycles. The second kappa shape index (κ2) is 4.80. The van der Waals surface area contributed by atoms with Gasteiger partial charge < -0.3 is 4.74 Å². The number of carbonyl (C=O) groups excluding carboxylic acids is 1. The van der Waals surface area contributed by atoms with Crippen LogP contribution in [-0.2, 0) is 9.53 Å². The average molecular weight is 178 g/mol. The minimum absolute atomic E-state index is 0.192. The largest absolute Gasteiger partial charge is 0.369 e. The zero-order valence-electron chi connectivity index (χ0n) is 8.04. The quantitative estimate of drug-likeness (QED) is 0.618. The van der Waals surface area contributed by atoms with E-state index in [0.717, 1.165) is 12.0 Å². The molecular formula is C11H14O2. The molecule has 0 radical (unpaired) electrons. The molecule has 1 aliphatic carbocycles. The Morgan fingerprint density at radius 2 is 2.31 bits per heavy atom. The van der Waals surface area contributed by atoms with Gasteiger partial charge in [-0.3, -0.25) is 0 Å². The second-order valence-electron chi connectivity index (χ2n) is 2.82. The van der Waals surface area contributed by atoms with Crippen LogP contribution in [0.4, 0.5) is 0 Å². The maximum Gasteiger partial charge on any atom is 0.131 e. The Labute approximate surface area is 78.6 Å². The van der Waals surface area contributed by atoms with Gasteiger partial charge in [-0.15, -0.1) is 0 Å². The van der Waals surface area contributed by atoms with Gasteiger partial charge >= 0.3 is 0 Å². The van der Waals surface area contributed by atoms with Crippen molar-refractivity contribution in [3.63, 3.8) is 0 Å². The van der Waals surface area contributed by atoms with E-state index >= 15 is 0 Å². The van der Waals surface area contributed by atoms with Crippen LogP contribution in [0.1, 0.15) is 20.3 Å². The maximum absolute atomic E-state index is 10.7. The average Bonchev–Trinajstić information content (AvgIpc) is 2.18. The number of allylic oxidation sites excluding steroid dienone is 2. The van der Waals surface area contributed by atoms with E-state index in [1.54, 1.807) is 0 Å². The Bertz CT molecular complexity index is 280. The molecule has 2 heteroatoms. The van der Waals surface area contributed by atoms with Crippen molar-refractivity contribution in [3.05, 3.63) is 29.4 Å². The first-order valence-corrected chi connectivity index (χ1v) is 4.57. The molecule has 2 nitrogen and oxygen atoms in total. The number of hydrogen-bond donors (Lipinski definition) is 0. The molecule has 1 unspecified atom stereocenters. The SMILES string of the molecule is CCOC1C=CC=C(CC)C1=C=O. The van der Waals surface area contributed by atoms with Gasteiger partial charge in [0.25, 0.3) is 0 Å². The van der Waals surface area contributed by atoms with Gasteiger partial charge in [0.15, 0.2) is 0 Å². The molecule has 1 aliphatic rings. The highest BCUT2D eigenvalue weighted by Gasteiger charge is 2.17. The molecule has 0 aromatic carbocycles. The Balaban J connectivity index is 2.87. The highest BCUT2D eigenvalue weighted by Crippen LogP contribution is 2.22. The first-order valence-electron chi connectivity index (χ1n) is 4.57. The normalized spacial score (nSPS) is 21.2. The summed E-state index contributed by atoms with van der Waals surface area (Å²) in [4.78, 5) is 10.7. The zero-order valence-corrected chi connectivity index (χ0v) is 8.04. The van der Waals surface area contributed by atoms with Crippen molar-refractivity contribution in [2.75, 3.05) is 6.61 Å². The molecule has 0 aliphatic heterocycles. The smallest absolute Gasteiger partial charge is 0.131 e. The molecule has 0 fully saturated rings. The first-order chi connectivity index (χ1) is 6.33. The van der Waals surface area contributed by atoms with Crippen LogP contribution >= 0.6 is 0 Å². The fourth-order valence-corrected chi connectivity index (χ4v) is 1.39. The molecule has 0 spiro atoms. The molecule has 13 heavy (non-hydrogen) atoms. The Morgan fingerprint density at radius 3 is 2.85 bits per heavy atom. The summed E-state index contributed by atoms with van der Waals surface area (Å²) in [5.41, 5.74) is 1.67. The molecule has 0 aromatic rings. The number of hydrogen-bond acceptors (Lipinski definition) is 2. The summed E-state index contributed by atoms with van der Waals surface area (Å²) in [5.74, 6) is 1.96. The van der Waals surface area contributed by atoms with E-state index in [0.29, 0.717) is 12.2 Å². The number of rotatable bonds is 3. The van der Waals surface area contributed by atoms with Crippen molar-refractivity contribution in [2.45, 2.75) is 26.4 Å². The van der Waals surface area contributed by atoms with Crippen molar-refractivity contribution in [2.24, 2.45) is 0 Å². The lowest BCUT2D eigenvalue weighted by Gasteiger charge is -2.18. The van der Waals surface area contributed by atoms with Crippen LogP contribution < -0.4 is 0 Å². The third kappa shape index (κ3) is 2.18. The fraction of sp³-hybridized carbons (Fsp3) is 0.455.